The maximum absolute atomic E-state index is 13.1. The Hall–Kier alpha value is -2.64. The largest absolute Gasteiger partial charge is 0.482 e. The van der Waals surface area contributed by atoms with Crippen LogP contribution in [0, 0.1) is 5.82 Å². The number of hydrogen-bond acceptors (Lipinski definition) is 5. The van der Waals surface area contributed by atoms with Crippen molar-refractivity contribution in [2.75, 3.05) is 6.61 Å². The Morgan fingerprint density at radius 1 is 1.37 bits per heavy atom. The highest BCUT2D eigenvalue weighted by atomic mass is 35.5. The minimum atomic E-state index is -0.469. The minimum absolute atomic E-state index is 0.110. The third-order valence-corrected chi connectivity index (χ3v) is 5.36. The van der Waals surface area contributed by atoms with Gasteiger partial charge in [-0.25, -0.2) is 9.40 Å². The molecule has 2 aromatic heterocycles. The van der Waals surface area contributed by atoms with Crippen LogP contribution in [0.4, 0.5) is 4.39 Å². The summed E-state index contributed by atoms with van der Waals surface area (Å²) in [4.78, 5) is 13.8. The predicted octanol–water partition coefficient (Wildman–Crippen LogP) is 4.89. The highest BCUT2D eigenvalue weighted by Crippen LogP contribution is 2.35. The van der Waals surface area contributed by atoms with Gasteiger partial charge in [0.15, 0.2) is 6.61 Å². The summed E-state index contributed by atoms with van der Waals surface area (Å²) >= 11 is 7.50. The molecule has 8 heteroatoms. The monoisotopic (exact) mass is 404 g/mol. The molecule has 1 aliphatic heterocycles. The van der Waals surface area contributed by atoms with E-state index in [4.69, 9.17) is 20.8 Å². The highest BCUT2D eigenvalue weighted by Gasteiger charge is 2.34. The van der Waals surface area contributed by atoms with Gasteiger partial charge in [0.1, 0.15) is 23.0 Å². The Bertz CT molecular complexity index is 973. The van der Waals surface area contributed by atoms with Crippen molar-refractivity contribution in [2.45, 2.75) is 12.5 Å². The van der Waals surface area contributed by atoms with Gasteiger partial charge in [-0.1, -0.05) is 17.7 Å². The molecule has 1 atom stereocenters. The van der Waals surface area contributed by atoms with Crippen LogP contribution in [0.3, 0.4) is 0 Å². The first-order valence-corrected chi connectivity index (χ1v) is 9.42. The zero-order valence-corrected chi connectivity index (χ0v) is 15.5. The number of thiophene rings is 1. The average molecular weight is 405 g/mol. The van der Waals surface area contributed by atoms with Gasteiger partial charge in [0, 0.05) is 11.3 Å². The first-order chi connectivity index (χ1) is 13.1. The van der Waals surface area contributed by atoms with E-state index in [1.54, 1.807) is 23.7 Å². The molecule has 0 N–H and O–H groups in total. The van der Waals surface area contributed by atoms with E-state index in [9.17, 15) is 9.18 Å². The number of ether oxygens (including phenoxy) is 1. The molecule has 0 saturated heterocycles. The van der Waals surface area contributed by atoms with E-state index in [1.165, 1.54) is 17.1 Å². The van der Waals surface area contributed by atoms with Gasteiger partial charge in [0.2, 0.25) is 0 Å². The molecule has 1 amide bonds. The summed E-state index contributed by atoms with van der Waals surface area (Å²) in [6, 6.07) is 11.0. The van der Waals surface area contributed by atoms with Crippen LogP contribution in [0.1, 0.15) is 23.1 Å². The fraction of sp³-hybridized carbons (Fsp3) is 0.158. The normalized spacial score (nSPS) is 16.4. The number of halogens is 2. The number of carbonyl (C=O) groups is 1. The Morgan fingerprint density at radius 2 is 2.26 bits per heavy atom. The molecule has 3 heterocycles. The van der Waals surface area contributed by atoms with Crippen LogP contribution in [0.5, 0.6) is 5.75 Å². The first-order valence-electron chi connectivity index (χ1n) is 8.16. The molecule has 3 aromatic rings. The molecular weight excluding hydrogens is 391 g/mol. The van der Waals surface area contributed by atoms with Gasteiger partial charge in [-0.2, -0.15) is 5.10 Å². The highest BCUT2D eigenvalue weighted by molar-refractivity contribution is 7.10. The average Bonchev–Trinajstić information content (AvgIpc) is 3.40. The number of rotatable bonds is 5. The first kappa shape index (κ1) is 17.8. The molecule has 5 nitrogen and oxygen atoms in total. The van der Waals surface area contributed by atoms with E-state index in [1.807, 2.05) is 23.6 Å². The lowest BCUT2D eigenvalue weighted by Gasteiger charge is -2.20. The molecule has 1 unspecified atom stereocenters. The lowest BCUT2D eigenvalue weighted by Crippen LogP contribution is -2.31. The van der Waals surface area contributed by atoms with E-state index in [-0.39, 0.29) is 29.3 Å². The maximum Gasteiger partial charge on any atom is 0.281 e. The van der Waals surface area contributed by atoms with Gasteiger partial charge in [-0.3, -0.25) is 4.79 Å². The van der Waals surface area contributed by atoms with Crippen LogP contribution in [-0.4, -0.2) is 23.2 Å². The Kier molecular flexibility index (Phi) is 4.96. The Labute approximate surface area is 163 Å². The SMILES string of the molecule is O=C(COc1ccc(F)cc1Cl)N1N=C(c2ccco2)CC1c1cccs1. The molecule has 1 aliphatic rings. The summed E-state index contributed by atoms with van der Waals surface area (Å²) in [5.41, 5.74) is 0.701. The second-order valence-corrected chi connectivity index (χ2v) is 7.25. The number of hydrogen-bond donors (Lipinski definition) is 0. The molecule has 0 spiro atoms. The number of carbonyl (C=O) groups excluding carboxylic acids is 1. The van der Waals surface area contributed by atoms with Crippen molar-refractivity contribution in [2.24, 2.45) is 5.10 Å². The number of amides is 1. The van der Waals surface area contributed by atoms with Crippen LogP contribution in [0.25, 0.3) is 0 Å². The molecule has 1 aromatic carbocycles. The molecule has 0 bridgehead atoms. The predicted molar refractivity (Wildman–Crippen MR) is 101 cm³/mol. The summed E-state index contributed by atoms with van der Waals surface area (Å²) < 4.78 is 24.0. The number of nitrogens with zero attached hydrogens (tertiary/aromatic N) is 2. The van der Waals surface area contributed by atoms with E-state index in [0.29, 0.717) is 17.9 Å². The lowest BCUT2D eigenvalue weighted by molar-refractivity contribution is -0.135. The molecule has 0 fully saturated rings. The molecule has 138 valence electrons. The van der Waals surface area contributed by atoms with Gasteiger partial charge in [0.25, 0.3) is 5.91 Å². The standard InChI is InChI=1S/C19H14ClFN2O3S/c20-13-9-12(21)5-6-16(13)26-11-19(24)23-15(18-4-2-8-27-18)10-14(22-23)17-3-1-7-25-17/h1-9,15H,10-11H2. The molecule has 27 heavy (non-hydrogen) atoms. The van der Waals surface area contributed by atoms with Crippen LogP contribution in [0.2, 0.25) is 5.02 Å². The van der Waals surface area contributed by atoms with Crippen LogP contribution >= 0.6 is 22.9 Å². The molecule has 0 saturated carbocycles. The topological polar surface area (TPSA) is 55.0 Å². The van der Waals surface area contributed by atoms with Gasteiger partial charge >= 0.3 is 0 Å². The molecular formula is C19H14ClFN2O3S. The fourth-order valence-electron chi connectivity index (χ4n) is 2.83. The zero-order valence-electron chi connectivity index (χ0n) is 14.0. The van der Waals surface area contributed by atoms with E-state index >= 15 is 0 Å². The third-order valence-electron chi connectivity index (χ3n) is 4.09. The number of furan rings is 1. The molecule has 0 radical (unpaired) electrons. The van der Waals surface area contributed by atoms with Crippen LogP contribution < -0.4 is 4.74 Å². The maximum atomic E-state index is 13.1. The van der Waals surface area contributed by atoms with Crippen molar-refractivity contribution < 1.29 is 18.3 Å². The summed E-state index contributed by atoms with van der Waals surface area (Å²) in [6.07, 6.45) is 2.12. The quantitative estimate of drug-likeness (QED) is 0.608. The van der Waals surface area contributed by atoms with Crippen molar-refractivity contribution >= 4 is 34.6 Å². The third kappa shape index (κ3) is 3.74. The van der Waals surface area contributed by atoms with E-state index in [2.05, 4.69) is 5.10 Å². The van der Waals surface area contributed by atoms with Crippen molar-refractivity contribution in [1.29, 1.82) is 0 Å². The minimum Gasteiger partial charge on any atom is -0.482 e. The second kappa shape index (κ2) is 7.54. The smallest absolute Gasteiger partial charge is 0.281 e. The Balaban J connectivity index is 1.53. The van der Waals surface area contributed by atoms with Crippen LogP contribution in [0.15, 0.2) is 63.6 Å². The number of hydrazone groups is 1. The fourth-order valence-corrected chi connectivity index (χ4v) is 3.87. The molecule has 0 aliphatic carbocycles. The van der Waals surface area contributed by atoms with Gasteiger partial charge in [-0.15, -0.1) is 11.3 Å². The second-order valence-electron chi connectivity index (χ2n) is 5.86. The van der Waals surface area contributed by atoms with Crippen molar-refractivity contribution in [3.05, 3.63) is 75.6 Å². The van der Waals surface area contributed by atoms with Crippen LogP contribution in [-0.2, 0) is 4.79 Å². The van der Waals surface area contributed by atoms with Crippen molar-refractivity contribution in [3.8, 4) is 5.75 Å². The van der Waals surface area contributed by atoms with Gasteiger partial charge in [0.05, 0.1) is 17.3 Å². The summed E-state index contributed by atoms with van der Waals surface area (Å²) in [7, 11) is 0. The Morgan fingerprint density at radius 3 is 2.96 bits per heavy atom. The zero-order chi connectivity index (χ0) is 18.8. The van der Waals surface area contributed by atoms with Crippen molar-refractivity contribution in [3.63, 3.8) is 0 Å². The summed E-state index contributed by atoms with van der Waals surface area (Å²) in [5.74, 6) is 0.0851. The van der Waals surface area contributed by atoms with Gasteiger partial charge < -0.3 is 9.15 Å². The summed E-state index contributed by atoms with van der Waals surface area (Å²) in [5, 5.41) is 7.94. The summed E-state index contributed by atoms with van der Waals surface area (Å²) in [6.45, 7) is -0.262. The van der Waals surface area contributed by atoms with E-state index in [0.717, 1.165) is 10.9 Å². The molecule has 4 rings (SSSR count). The number of benzene rings is 1. The van der Waals surface area contributed by atoms with Gasteiger partial charge in [-0.05, 0) is 41.8 Å². The lowest BCUT2D eigenvalue weighted by atomic mass is 10.1. The van der Waals surface area contributed by atoms with Crippen molar-refractivity contribution in [1.82, 2.24) is 5.01 Å². The van der Waals surface area contributed by atoms with E-state index < -0.39 is 5.82 Å².